The summed E-state index contributed by atoms with van der Waals surface area (Å²) in [5.74, 6) is 0.906. The van der Waals surface area contributed by atoms with Crippen LogP contribution >= 0.6 is 12.6 Å². The van der Waals surface area contributed by atoms with Gasteiger partial charge in [0.25, 0.3) is 5.91 Å². The predicted octanol–water partition coefficient (Wildman–Crippen LogP) is 1.85. The number of carbonyl (C=O) groups is 1. The molecule has 0 bridgehead atoms. The summed E-state index contributed by atoms with van der Waals surface area (Å²) in [7, 11) is 0. The Balaban J connectivity index is 2.23. The second-order valence-corrected chi connectivity index (χ2v) is 4.07. The van der Waals surface area contributed by atoms with Gasteiger partial charge in [-0.2, -0.15) is 0 Å². The zero-order chi connectivity index (χ0) is 11.1. The SMILES string of the molecule is O=C1COc2cc3ccc(S)cc3nc2N1. The van der Waals surface area contributed by atoms with Crippen LogP contribution in [0.25, 0.3) is 10.9 Å². The van der Waals surface area contributed by atoms with Crippen LogP contribution in [0.5, 0.6) is 5.75 Å². The number of rotatable bonds is 0. The molecule has 1 aliphatic rings. The van der Waals surface area contributed by atoms with E-state index < -0.39 is 0 Å². The smallest absolute Gasteiger partial charge is 0.263 e. The Labute approximate surface area is 97.0 Å². The summed E-state index contributed by atoms with van der Waals surface area (Å²) in [4.78, 5) is 16.3. The van der Waals surface area contributed by atoms with Crippen molar-refractivity contribution in [2.45, 2.75) is 4.90 Å². The number of nitrogens with zero attached hydrogens (tertiary/aromatic N) is 1. The summed E-state index contributed by atoms with van der Waals surface area (Å²) in [6.07, 6.45) is 0. The van der Waals surface area contributed by atoms with Gasteiger partial charge in [0.2, 0.25) is 0 Å². The molecule has 0 spiro atoms. The molecule has 1 amide bonds. The lowest BCUT2D eigenvalue weighted by molar-refractivity contribution is -0.118. The van der Waals surface area contributed by atoms with Crippen LogP contribution in [0.15, 0.2) is 29.2 Å². The number of ether oxygens (including phenoxy) is 1. The summed E-state index contributed by atoms with van der Waals surface area (Å²) in [6, 6.07) is 7.52. The van der Waals surface area contributed by atoms with Crippen LogP contribution in [0.2, 0.25) is 0 Å². The fourth-order valence-corrected chi connectivity index (χ4v) is 1.84. The highest BCUT2D eigenvalue weighted by atomic mass is 32.1. The molecule has 80 valence electrons. The molecule has 0 aliphatic carbocycles. The molecule has 0 saturated heterocycles. The largest absolute Gasteiger partial charge is 0.480 e. The van der Waals surface area contributed by atoms with Crippen LogP contribution in [0.1, 0.15) is 0 Å². The minimum Gasteiger partial charge on any atom is -0.480 e. The maximum atomic E-state index is 11.1. The molecule has 0 radical (unpaired) electrons. The minimum absolute atomic E-state index is 0.0465. The van der Waals surface area contributed by atoms with E-state index in [1.165, 1.54) is 0 Å². The van der Waals surface area contributed by atoms with Gasteiger partial charge < -0.3 is 10.1 Å². The Morgan fingerprint density at radius 1 is 1.38 bits per heavy atom. The lowest BCUT2D eigenvalue weighted by Gasteiger charge is -2.17. The third-order valence-electron chi connectivity index (χ3n) is 2.38. The van der Waals surface area contributed by atoms with Crippen molar-refractivity contribution in [1.29, 1.82) is 0 Å². The number of nitrogens with one attached hydrogen (secondary N) is 1. The van der Waals surface area contributed by atoms with Gasteiger partial charge in [0.05, 0.1) is 5.52 Å². The molecule has 3 rings (SSSR count). The molecule has 1 aromatic heterocycles. The van der Waals surface area contributed by atoms with Crippen molar-refractivity contribution >= 4 is 35.3 Å². The summed E-state index contributed by atoms with van der Waals surface area (Å²) in [5, 5.41) is 3.64. The van der Waals surface area contributed by atoms with Crippen LogP contribution in [0.3, 0.4) is 0 Å². The van der Waals surface area contributed by atoms with Gasteiger partial charge in [-0.05, 0) is 18.2 Å². The summed E-state index contributed by atoms with van der Waals surface area (Å²) in [5.41, 5.74) is 0.789. The van der Waals surface area contributed by atoms with E-state index >= 15 is 0 Å². The Morgan fingerprint density at radius 2 is 2.25 bits per heavy atom. The second-order valence-electron chi connectivity index (χ2n) is 3.55. The molecule has 5 heteroatoms. The van der Waals surface area contributed by atoms with E-state index in [2.05, 4.69) is 22.9 Å². The van der Waals surface area contributed by atoms with Gasteiger partial charge in [-0.1, -0.05) is 6.07 Å². The predicted molar refractivity (Wildman–Crippen MR) is 63.1 cm³/mol. The first-order valence-electron chi connectivity index (χ1n) is 4.79. The van der Waals surface area contributed by atoms with E-state index in [1.807, 2.05) is 24.3 Å². The van der Waals surface area contributed by atoms with Gasteiger partial charge >= 0.3 is 0 Å². The molecule has 16 heavy (non-hydrogen) atoms. The van der Waals surface area contributed by atoms with Crippen LogP contribution in [0, 0.1) is 0 Å². The van der Waals surface area contributed by atoms with Gasteiger partial charge in [0.1, 0.15) is 0 Å². The molecule has 1 aromatic carbocycles. The third kappa shape index (κ3) is 1.49. The van der Waals surface area contributed by atoms with Crippen molar-refractivity contribution in [3.05, 3.63) is 24.3 Å². The third-order valence-corrected chi connectivity index (χ3v) is 2.66. The van der Waals surface area contributed by atoms with Crippen molar-refractivity contribution in [3.63, 3.8) is 0 Å². The zero-order valence-electron chi connectivity index (χ0n) is 8.23. The number of thiol groups is 1. The second kappa shape index (κ2) is 3.38. The van der Waals surface area contributed by atoms with Crippen molar-refractivity contribution in [3.8, 4) is 5.75 Å². The average molecular weight is 232 g/mol. The Morgan fingerprint density at radius 3 is 3.12 bits per heavy atom. The number of amides is 1. The monoisotopic (exact) mass is 232 g/mol. The highest BCUT2D eigenvalue weighted by Gasteiger charge is 2.17. The first-order chi connectivity index (χ1) is 7.72. The zero-order valence-corrected chi connectivity index (χ0v) is 9.12. The minimum atomic E-state index is -0.179. The molecule has 0 fully saturated rings. The maximum absolute atomic E-state index is 11.1. The van der Waals surface area contributed by atoms with Crippen molar-refractivity contribution < 1.29 is 9.53 Å². The molecule has 0 atom stereocenters. The maximum Gasteiger partial charge on any atom is 0.263 e. The number of fused-ring (bicyclic) bond motifs is 2. The molecule has 0 saturated carbocycles. The van der Waals surface area contributed by atoms with E-state index in [9.17, 15) is 4.79 Å². The van der Waals surface area contributed by atoms with Gasteiger partial charge in [0.15, 0.2) is 18.2 Å². The standard InChI is InChI=1S/C11H8N2O2S/c14-10-5-15-9-3-6-1-2-7(16)4-8(6)12-11(9)13-10/h1-4,16H,5H2,(H,12,13,14). The molecule has 1 N–H and O–H groups in total. The van der Waals surface area contributed by atoms with Gasteiger partial charge in [-0.3, -0.25) is 4.79 Å². The lowest BCUT2D eigenvalue weighted by atomic mass is 10.2. The Hall–Kier alpha value is -1.75. The van der Waals surface area contributed by atoms with Crippen LogP contribution < -0.4 is 10.1 Å². The fourth-order valence-electron chi connectivity index (χ4n) is 1.65. The first kappa shape index (κ1) is 9.47. The van der Waals surface area contributed by atoms with E-state index in [0.717, 1.165) is 15.8 Å². The number of benzene rings is 1. The molecule has 2 aromatic rings. The highest BCUT2D eigenvalue weighted by Crippen LogP contribution is 2.30. The summed E-state index contributed by atoms with van der Waals surface area (Å²) < 4.78 is 5.28. The van der Waals surface area contributed by atoms with E-state index in [1.54, 1.807) is 0 Å². The molecule has 0 unspecified atom stereocenters. The van der Waals surface area contributed by atoms with Crippen LogP contribution in [-0.4, -0.2) is 17.5 Å². The van der Waals surface area contributed by atoms with Gasteiger partial charge in [0, 0.05) is 10.3 Å². The van der Waals surface area contributed by atoms with E-state index in [0.29, 0.717) is 11.6 Å². The summed E-state index contributed by atoms with van der Waals surface area (Å²) in [6.45, 7) is 0.0465. The van der Waals surface area contributed by atoms with Gasteiger partial charge in [-0.15, -0.1) is 12.6 Å². The quantitative estimate of drug-likeness (QED) is 0.682. The normalized spacial score (nSPS) is 14.2. The number of carbonyl (C=O) groups excluding carboxylic acids is 1. The first-order valence-corrected chi connectivity index (χ1v) is 5.23. The fraction of sp³-hybridized carbons (Fsp3) is 0.0909. The molecule has 1 aliphatic heterocycles. The number of anilines is 1. The van der Waals surface area contributed by atoms with E-state index in [-0.39, 0.29) is 12.5 Å². The van der Waals surface area contributed by atoms with Crippen LogP contribution in [-0.2, 0) is 4.79 Å². The Bertz CT molecular complexity index is 598. The van der Waals surface area contributed by atoms with Crippen molar-refractivity contribution in [2.75, 3.05) is 11.9 Å². The molecular formula is C11H8N2O2S. The topological polar surface area (TPSA) is 51.2 Å². The number of pyridine rings is 1. The van der Waals surface area contributed by atoms with E-state index in [4.69, 9.17) is 4.74 Å². The lowest BCUT2D eigenvalue weighted by Crippen LogP contribution is -2.26. The van der Waals surface area contributed by atoms with Gasteiger partial charge in [-0.25, -0.2) is 4.98 Å². The molecule has 2 heterocycles. The summed E-state index contributed by atoms with van der Waals surface area (Å²) >= 11 is 4.25. The molecule has 4 nitrogen and oxygen atoms in total. The average Bonchev–Trinajstić information content (AvgIpc) is 2.26. The van der Waals surface area contributed by atoms with Crippen molar-refractivity contribution in [1.82, 2.24) is 4.98 Å². The number of hydrogen-bond donors (Lipinski definition) is 2. The van der Waals surface area contributed by atoms with Crippen LogP contribution in [0.4, 0.5) is 5.82 Å². The highest BCUT2D eigenvalue weighted by molar-refractivity contribution is 7.80. The van der Waals surface area contributed by atoms with Crippen molar-refractivity contribution in [2.24, 2.45) is 0 Å². The Kier molecular flexibility index (Phi) is 2.00. The molecular weight excluding hydrogens is 224 g/mol. The number of hydrogen-bond acceptors (Lipinski definition) is 4. The number of aromatic nitrogens is 1.